The van der Waals surface area contributed by atoms with Gasteiger partial charge in [-0.05, 0) is 48.4 Å². The van der Waals surface area contributed by atoms with Crippen LogP contribution in [0.2, 0.25) is 0 Å². The largest absolute Gasteiger partial charge is 0.497 e. The van der Waals surface area contributed by atoms with Crippen molar-refractivity contribution in [1.82, 2.24) is 0 Å². The van der Waals surface area contributed by atoms with Gasteiger partial charge in [0.2, 0.25) is 0 Å². The Labute approximate surface area is 116 Å². The van der Waals surface area contributed by atoms with Gasteiger partial charge in [0.25, 0.3) is 0 Å². The Hall–Kier alpha value is -1.94. The molecule has 2 aromatic carbocycles. The lowest BCUT2D eigenvalue weighted by Crippen LogP contribution is -2.25. The summed E-state index contributed by atoms with van der Waals surface area (Å²) in [5.74, 6) is -0.458. The number of aliphatic hydroxyl groups is 1. The van der Waals surface area contributed by atoms with Crippen LogP contribution in [0.5, 0.6) is 5.75 Å². The molecule has 2 aromatic rings. The molecule has 106 valence electrons. The zero-order valence-electron chi connectivity index (χ0n) is 11.4. The molecule has 0 radical (unpaired) electrons. The fraction of sp³-hybridized carbons (Fsp3) is 0.250. The molecule has 0 aliphatic rings. The van der Waals surface area contributed by atoms with Crippen molar-refractivity contribution in [3.8, 4) is 5.75 Å². The molecular weight excluding hydrogens is 262 g/mol. The molecule has 0 aliphatic carbocycles. The second-order valence-corrected chi connectivity index (χ2v) is 4.92. The molecule has 0 spiro atoms. The smallest absolute Gasteiger partial charge is 0.126 e. The molecule has 0 heterocycles. The summed E-state index contributed by atoms with van der Waals surface area (Å²) in [7, 11) is 1.53. The molecule has 4 heteroatoms. The van der Waals surface area contributed by atoms with Gasteiger partial charge in [0.15, 0.2) is 0 Å². The molecule has 0 saturated carbocycles. The standard InChI is InChI=1S/C16H16F2O2/c1-16(19,12-4-3-5-14(9-12)20-2)10-11-8-13(17)6-7-15(11)18/h3-9,19H,10H2,1-2H3. The highest BCUT2D eigenvalue weighted by Crippen LogP contribution is 2.29. The summed E-state index contributed by atoms with van der Waals surface area (Å²) in [4.78, 5) is 0. The Morgan fingerprint density at radius 3 is 2.60 bits per heavy atom. The Kier molecular flexibility index (Phi) is 4.04. The van der Waals surface area contributed by atoms with Crippen LogP contribution in [0.15, 0.2) is 42.5 Å². The second kappa shape index (κ2) is 5.59. The lowest BCUT2D eigenvalue weighted by atomic mass is 9.89. The third-order valence-corrected chi connectivity index (χ3v) is 3.23. The predicted molar refractivity (Wildman–Crippen MR) is 72.6 cm³/mol. The summed E-state index contributed by atoms with van der Waals surface area (Å²) in [5.41, 5.74) is -0.596. The van der Waals surface area contributed by atoms with Crippen molar-refractivity contribution in [2.75, 3.05) is 7.11 Å². The van der Waals surface area contributed by atoms with Crippen LogP contribution in [0, 0.1) is 11.6 Å². The third kappa shape index (κ3) is 3.14. The number of rotatable bonds is 4. The Morgan fingerprint density at radius 1 is 1.15 bits per heavy atom. The Balaban J connectivity index is 2.32. The molecular formula is C16H16F2O2. The van der Waals surface area contributed by atoms with Crippen LogP contribution in [-0.2, 0) is 12.0 Å². The van der Waals surface area contributed by atoms with E-state index in [-0.39, 0.29) is 12.0 Å². The van der Waals surface area contributed by atoms with E-state index in [0.717, 1.165) is 18.2 Å². The van der Waals surface area contributed by atoms with E-state index >= 15 is 0 Å². The number of hydrogen-bond donors (Lipinski definition) is 1. The lowest BCUT2D eigenvalue weighted by molar-refractivity contribution is 0.0564. The van der Waals surface area contributed by atoms with Gasteiger partial charge in [0.1, 0.15) is 17.4 Å². The third-order valence-electron chi connectivity index (χ3n) is 3.23. The van der Waals surface area contributed by atoms with Crippen molar-refractivity contribution in [2.45, 2.75) is 18.9 Å². The lowest BCUT2D eigenvalue weighted by Gasteiger charge is -2.24. The second-order valence-electron chi connectivity index (χ2n) is 4.92. The normalized spacial score (nSPS) is 13.8. The minimum atomic E-state index is -1.32. The molecule has 0 fully saturated rings. The number of ether oxygens (including phenoxy) is 1. The van der Waals surface area contributed by atoms with Gasteiger partial charge < -0.3 is 9.84 Å². The average molecular weight is 278 g/mol. The van der Waals surface area contributed by atoms with Crippen LogP contribution in [-0.4, -0.2) is 12.2 Å². The predicted octanol–water partition coefficient (Wildman–Crippen LogP) is 3.42. The topological polar surface area (TPSA) is 29.5 Å². The molecule has 0 bridgehead atoms. The van der Waals surface area contributed by atoms with Crippen molar-refractivity contribution in [1.29, 1.82) is 0 Å². The van der Waals surface area contributed by atoms with E-state index in [2.05, 4.69) is 0 Å². The van der Waals surface area contributed by atoms with E-state index in [1.54, 1.807) is 31.2 Å². The maximum Gasteiger partial charge on any atom is 0.126 e. The Morgan fingerprint density at radius 2 is 1.90 bits per heavy atom. The highest BCUT2D eigenvalue weighted by Gasteiger charge is 2.25. The number of hydrogen-bond acceptors (Lipinski definition) is 2. The zero-order chi connectivity index (χ0) is 14.8. The molecule has 0 amide bonds. The van der Waals surface area contributed by atoms with Crippen molar-refractivity contribution in [3.05, 3.63) is 65.2 Å². The van der Waals surface area contributed by atoms with Crippen LogP contribution in [0.1, 0.15) is 18.1 Å². The van der Waals surface area contributed by atoms with Crippen LogP contribution in [0.4, 0.5) is 8.78 Å². The van der Waals surface area contributed by atoms with Gasteiger partial charge in [-0.2, -0.15) is 0 Å². The van der Waals surface area contributed by atoms with E-state index in [1.807, 2.05) is 0 Å². The van der Waals surface area contributed by atoms with E-state index in [4.69, 9.17) is 4.74 Å². The quantitative estimate of drug-likeness (QED) is 0.928. The van der Waals surface area contributed by atoms with E-state index < -0.39 is 17.2 Å². The summed E-state index contributed by atoms with van der Waals surface area (Å²) < 4.78 is 31.9. The molecule has 20 heavy (non-hydrogen) atoms. The van der Waals surface area contributed by atoms with Crippen LogP contribution < -0.4 is 4.74 Å². The van der Waals surface area contributed by atoms with Gasteiger partial charge in [-0.3, -0.25) is 0 Å². The van der Waals surface area contributed by atoms with Gasteiger partial charge in [0, 0.05) is 6.42 Å². The first-order valence-electron chi connectivity index (χ1n) is 6.23. The highest BCUT2D eigenvalue weighted by atomic mass is 19.1. The Bertz CT molecular complexity index is 609. The molecule has 1 atom stereocenters. The minimum absolute atomic E-state index is 0.0240. The summed E-state index contributed by atoms with van der Waals surface area (Å²) in [6.07, 6.45) is -0.0240. The van der Waals surface area contributed by atoms with E-state index in [9.17, 15) is 13.9 Å². The van der Waals surface area contributed by atoms with Gasteiger partial charge in [-0.1, -0.05) is 12.1 Å². The highest BCUT2D eigenvalue weighted by molar-refractivity contribution is 5.33. The fourth-order valence-corrected chi connectivity index (χ4v) is 2.11. The van der Waals surface area contributed by atoms with Crippen LogP contribution in [0.3, 0.4) is 0 Å². The SMILES string of the molecule is COc1cccc(C(C)(O)Cc2cc(F)ccc2F)c1. The van der Waals surface area contributed by atoms with Gasteiger partial charge in [-0.15, -0.1) is 0 Å². The van der Waals surface area contributed by atoms with E-state index in [0.29, 0.717) is 11.3 Å². The molecule has 1 unspecified atom stereocenters. The number of halogens is 2. The molecule has 0 saturated heterocycles. The molecule has 0 aliphatic heterocycles. The van der Waals surface area contributed by atoms with Crippen LogP contribution >= 0.6 is 0 Å². The monoisotopic (exact) mass is 278 g/mol. The molecule has 1 N–H and O–H groups in total. The first-order chi connectivity index (χ1) is 9.42. The van der Waals surface area contributed by atoms with Gasteiger partial charge >= 0.3 is 0 Å². The van der Waals surface area contributed by atoms with E-state index in [1.165, 1.54) is 7.11 Å². The molecule has 2 nitrogen and oxygen atoms in total. The summed E-state index contributed by atoms with van der Waals surface area (Å²) in [5, 5.41) is 10.5. The zero-order valence-corrected chi connectivity index (χ0v) is 11.4. The first kappa shape index (κ1) is 14.5. The fourth-order valence-electron chi connectivity index (χ4n) is 2.11. The van der Waals surface area contributed by atoms with Gasteiger partial charge in [0.05, 0.1) is 12.7 Å². The summed E-state index contributed by atoms with van der Waals surface area (Å²) in [6.45, 7) is 1.56. The summed E-state index contributed by atoms with van der Waals surface area (Å²) >= 11 is 0. The molecule has 2 rings (SSSR count). The first-order valence-corrected chi connectivity index (χ1v) is 6.23. The van der Waals surface area contributed by atoms with Crippen molar-refractivity contribution in [2.24, 2.45) is 0 Å². The van der Waals surface area contributed by atoms with Crippen molar-refractivity contribution >= 4 is 0 Å². The maximum absolute atomic E-state index is 13.7. The maximum atomic E-state index is 13.7. The molecule has 0 aromatic heterocycles. The van der Waals surface area contributed by atoms with Crippen molar-refractivity contribution < 1.29 is 18.6 Å². The van der Waals surface area contributed by atoms with Crippen LogP contribution in [0.25, 0.3) is 0 Å². The summed E-state index contributed by atoms with van der Waals surface area (Å²) in [6, 6.07) is 10.1. The van der Waals surface area contributed by atoms with Crippen molar-refractivity contribution in [3.63, 3.8) is 0 Å². The van der Waals surface area contributed by atoms with Gasteiger partial charge in [-0.25, -0.2) is 8.78 Å². The number of benzene rings is 2. The minimum Gasteiger partial charge on any atom is -0.497 e. The average Bonchev–Trinajstić information content (AvgIpc) is 2.43. The number of methoxy groups -OCH3 is 1.